The molecule has 0 aromatic heterocycles. The molecular weight excluding hydrogens is 473 g/mol. The largest absolute Gasteiger partial charge is 0.268 e. The summed E-state index contributed by atoms with van der Waals surface area (Å²) in [7, 11) is -4.04. The second kappa shape index (κ2) is 9.51. The molecule has 0 spiro atoms. The number of aliphatic imine (C=N–C) groups is 1. The van der Waals surface area contributed by atoms with E-state index < -0.39 is 26.6 Å². The van der Waals surface area contributed by atoms with E-state index in [0.29, 0.717) is 29.0 Å². The van der Waals surface area contributed by atoms with Gasteiger partial charge in [-0.3, -0.25) is 14.7 Å². The number of amidine groups is 1. The van der Waals surface area contributed by atoms with E-state index in [-0.39, 0.29) is 11.6 Å². The maximum absolute atomic E-state index is 14.6. The van der Waals surface area contributed by atoms with Crippen LogP contribution in [0.1, 0.15) is 36.5 Å². The van der Waals surface area contributed by atoms with Crippen molar-refractivity contribution in [2.75, 3.05) is 23.7 Å². The van der Waals surface area contributed by atoms with Crippen LogP contribution in [0.25, 0.3) is 0 Å². The molecule has 2 aromatic rings. The Morgan fingerprint density at radius 1 is 1.16 bits per heavy atom. The van der Waals surface area contributed by atoms with Gasteiger partial charge in [-0.1, -0.05) is 29.8 Å². The molecule has 2 aliphatic rings. The first-order chi connectivity index (χ1) is 15.3. The van der Waals surface area contributed by atoms with Crippen LogP contribution in [0.3, 0.4) is 0 Å². The van der Waals surface area contributed by atoms with Gasteiger partial charge in [0.1, 0.15) is 10.7 Å². The Labute approximate surface area is 196 Å². The van der Waals surface area contributed by atoms with Crippen LogP contribution in [0, 0.1) is 5.82 Å². The molecule has 0 saturated carbocycles. The molecule has 0 radical (unpaired) electrons. The molecule has 10 heteroatoms. The molecule has 1 fully saturated rings. The Hall–Kier alpha value is -1.94. The molecule has 2 aromatic carbocycles. The van der Waals surface area contributed by atoms with E-state index in [9.17, 15) is 17.6 Å². The van der Waals surface area contributed by atoms with Gasteiger partial charge in [0.2, 0.25) is 10.0 Å². The molecule has 0 unspecified atom stereocenters. The number of halogens is 2. The van der Waals surface area contributed by atoms with Crippen LogP contribution in [-0.2, 0) is 10.0 Å². The fourth-order valence-electron chi connectivity index (χ4n) is 3.69. The Balaban J connectivity index is 1.74. The number of thioether (sulfide) groups is 1. The lowest BCUT2D eigenvalue weighted by Gasteiger charge is -2.26. The van der Waals surface area contributed by atoms with Gasteiger partial charge in [-0.25, -0.2) is 12.8 Å². The molecule has 170 valence electrons. The van der Waals surface area contributed by atoms with Crippen molar-refractivity contribution < 1.29 is 17.6 Å². The molecule has 4 rings (SSSR count). The molecule has 6 nitrogen and oxygen atoms in total. The summed E-state index contributed by atoms with van der Waals surface area (Å²) in [5.74, 6) is -0.626. The van der Waals surface area contributed by atoms with Gasteiger partial charge in [-0.2, -0.15) is 4.31 Å². The third kappa shape index (κ3) is 4.71. The monoisotopic (exact) mass is 495 g/mol. The Morgan fingerprint density at radius 2 is 1.84 bits per heavy atom. The van der Waals surface area contributed by atoms with E-state index in [1.807, 2.05) is 6.92 Å². The van der Waals surface area contributed by atoms with Gasteiger partial charge < -0.3 is 0 Å². The third-order valence-electron chi connectivity index (χ3n) is 5.37. The van der Waals surface area contributed by atoms with Crippen molar-refractivity contribution in [1.82, 2.24) is 4.31 Å². The quantitative estimate of drug-likeness (QED) is 0.611. The number of carbonyl (C=O) groups excluding carboxylic acids is 1. The van der Waals surface area contributed by atoms with Crippen LogP contribution in [0.15, 0.2) is 52.4 Å². The molecule has 0 N–H and O–H groups in total. The van der Waals surface area contributed by atoms with Crippen LogP contribution >= 0.6 is 23.4 Å². The normalized spacial score (nSPS) is 19.6. The number of hydrogen-bond donors (Lipinski definition) is 0. The predicted molar refractivity (Wildman–Crippen MR) is 127 cm³/mol. The summed E-state index contributed by atoms with van der Waals surface area (Å²) in [6, 6.07) is 10.2. The summed E-state index contributed by atoms with van der Waals surface area (Å²) >= 11 is 7.44. The predicted octanol–water partition coefficient (Wildman–Crippen LogP) is 4.79. The van der Waals surface area contributed by atoms with Crippen molar-refractivity contribution >= 4 is 50.1 Å². The van der Waals surface area contributed by atoms with Crippen molar-refractivity contribution in [1.29, 1.82) is 0 Å². The van der Waals surface area contributed by atoms with Gasteiger partial charge in [-0.15, -0.1) is 0 Å². The van der Waals surface area contributed by atoms with E-state index in [2.05, 4.69) is 4.99 Å². The molecule has 0 aliphatic carbocycles. The average Bonchev–Trinajstić information content (AvgIpc) is 3.21. The summed E-state index contributed by atoms with van der Waals surface area (Å²) in [6.07, 6.45) is 2.42. The lowest BCUT2D eigenvalue weighted by atomic mass is 10.2. The van der Waals surface area contributed by atoms with Crippen molar-refractivity contribution in [2.45, 2.75) is 37.1 Å². The maximum atomic E-state index is 14.6. The van der Waals surface area contributed by atoms with E-state index in [1.165, 1.54) is 27.0 Å². The summed E-state index contributed by atoms with van der Waals surface area (Å²) in [6.45, 7) is 2.65. The fourth-order valence-corrected chi connectivity index (χ4v) is 6.46. The number of benzene rings is 2. The highest BCUT2D eigenvalue weighted by Gasteiger charge is 2.32. The molecule has 1 saturated heterocycles. The molecule has 32 heavy (non-hydrogen) atoms. The third-order valence-corrected chi connectivity index (χ3v) is 8.74. The topological polar surface area (TPSA) is 70.1 Å². The van der Waals surface area contributed by atoms with Crippen LogP contribution in [0.4, 0.5) is 10.1 Å². The molecule has 1 amide bonds. The van der Waals surface area contributed by atoms with Crippen LogP contribution in [0.2, 0.25) is 5.02 Å². The highest BCUT2D eigenvalue weighted by atomic mass is 35.5. The van der Waals surface area contributed by atoms with Crippen LogP contribution in [-0.4, -0.2) is 48.7 Å². The first-order valence-electron chi connectivity index (χ1n) is 10.4. The Morgan fingerprint density at radius 3 is 2.47 bits per heavy atom. The zero-order valence-corrected chi connectivity index (χ0v) is 19.9. The van der Waals surface area contributed by atoms with Crippen molar-refractivity contribution in [3.05, 3.63) is 58.9 Å². The minimum Gasteiger partial charge on any atom is -0.268 e. The lowest BCUT2D eigenvalue weighted by Crippen LogP contribution is -2.37. The van der Waals surface area contributed by atoms with Crippen molar-refractivity contribution in [2.24, 2.45) is 4.99 Å². The average molecular weight is 496 g/mol. The van der Waals surface area contributed by atoms with E-state index in [0.717, 1.165) is 37.1 Å². The number of hydrogen-bond acceptors (Lipinski definition) is 5. The summed E-state index contributed by atoms with van der Waals surface area (Å²) in [5, 5.41) is 1.03. The summed E-state index contributed by atoms with van der Waals surface area (Å²) in [4.78, 5) is 19.1. The van der Waals surface area contributed by atoms with Gasteiger partial charge >= 0.3 is 0 Å². The van der Waals surface area contributed by atoms with E-state index in [1.54, 1.807) is 24.3 Å². The molecule has 2 aliphatic heterocycles. The van der Waals surface area contributed by atoms with E-state index >= 15 is 0 Å². The molecule has 1 atom stereocenters. The zero-order chi connectivity index (χ0) is 22.9. The number of nitrogens with zero attached hydrogens (tertiary/aromatic N) is 3. The van der Waals surface area contributed by atoms with E-state index in [4.69, 9.17) is 11.6 Å². The zero-order valence-electron chi connectivity index (χ0n) is 17.5. The smallest absolute Gasteiger partial charge is 0.264 e. The minimum atomic E-state index is -4.04. The number of piperidine rings is 1. The fraction of sp³-hybridized carbons (Fsp3) is 0.364. The molecule has 2 heterocycles. The number of amides is 1. The maximum Gasteiger partial charge on any atom is 0.264 e. The first-order valence-corrected chi connectivity index (χ1v) is 13.2. The second-order valence-corrected chi connectivity index (χ2v) is 11.1. The number of carbonyl (C=O) groups is 1. The highest BCUT2D eigenvalue weighted by Crippen LogP contribution is 2.30. The lowest BCUT2D eigenvalue weighted by molar-refractivity contribution is 0.100. The molecule has 0 bridgehead atoms. The van der Waals surface area contributed by atoms with Gasteiger partial charge in [-0.05, 0) is 62.2 Å². The van der Waals surface area contributed by atoms with Crippen molar-refractivity contribution in [3.63, 3.8) is 0 Å². The Kier molecular flexibility index (Phi) is 6.90. The van der Waals surface area contributed by atoms with Crippen LogP contribution < -0.4 is 4.90 Å². The number of sulfonamides is 1. The van der Waals surface area contributed by atoms with Crippen molar-refractivity contribution in [3.8, 4) is 0 Å². The molecular formula is C22H23ClFN3O3S2. The van der Waals surface area contributed by atoms with Gasteiger partial charge in [0.05, 0.1) is 11.7 Å². The minimum absolute atomic E-state index is 0.0425. The van der Waals surface area contributed by atoms with Gasteiger partial charge in [0, 0.05) is 29.4 Å². The summed E-state index contributed by atoms with van der Waals surface area (Å²) in [5.41, 5.74) is 0.615. The SMILES string of the molecule is C[C@H]1CSC(N(C(=O)c2ccc(F)c(S(=O)(=O)N3CCCCC3)c2)c2ccc(Cl)cc2)=N1. The summed E-state index contributed by atoms with van der Waals surface area (Å²) < 4.78 is 42.1. The first kappa shape index (κ1) is 23.2. The van der Waals surface area contributed by atoms with Gasteiger partial charge in [0.15, 0.2) is 5.17 Å². The number of rotatable bonds is 4. The van der Waals surface area contributed by atoms with Gasteiger partial charge in [0.25, 0.3) is 5.91 Å². The second-order valence-electron chi connectivity index (χ2n) is 7.80. The van der Waals surface area contributed by atoms with Crippen LogP contribution in [0.5, 0.6) is 0 Å². The standard InChI is InChI=1S/C22H23ClFN3O3S2/c1-15-14-31-22(25-15)27(18-8-6-17(23)7-9-18)21(28)16-5-10-19(24)20(13-16)32(29,30)26-11-3-2-4-12-26/h5-10,13,15H,2-4,11-12,14H2,1H3/t15-/m0/s1. The highest BCUT2D eigenvalue weighted by molar-refractivity contribution is 8.14. The Bertz CT molecular complexity index is 1150. The number of anilines is 1.